The van der Waals surface area contributed by atoms with Crippen molar-refractivity contribution in [2.24, 2.45) is 23.0 Å². The molecule has 1 fully saturated rings. The van der Waals surface area contributed by atoms with Crippen LogP contribution in [0.1, 0.15) is 65.7 Å². The molecule has 1 amide bonds. The molecule has 1 aliphatic rings. The first-order valence-corrected chi connectivity index (χ1v) is 7.98. The highest BCUT2D eigenvalue weighted by Gasteiger charge is 2.32. The average molecular weight is 268 g/mol. The van der Waals surface area contributed by atoms with E-state index in [1.807, 2.05) is 0 Å². The first kappa shape index (κ1) is 16.5. The van der Waals surface area contributed by atoms with Gasteiger partial charge in [0.2, 0.25) is 5.91 Å². The summed E-state index contributed by atoms with van der Waals surface area (Å²) in [6.07, 6.45) is 8.01. The lowest BCUT2D eigenvalue weighted by Gasteiger charge is -2.28. The molecule has 19 heavy (non-hydrogen) atoms. The van der Waals surface area contributed by atoms with Crippen molar-refractivity contribution in [3.63, 3.8) is 0 Å². The Bertz CT molecular complexity index is 270. The van der Waals surface area contributed by atoms with Crippen LogP contribution >= 0.6 is 0 Å². The molecule has 0 aromatic heterocycles. The van der Waals surface area contributed by atoms with Crippen molar-refractivity contribution < 1.29 is 4.79 Å². The summed E-state index contributed by atoms with van der Waals surface area (Å²) >= 11 is 0. The van der Waals surface area contributed by atoms with Gasteiger partial charge in [0.15, 0.2) is 0 Å². The quantitative estimate of drug-likeness (QED) is 0.711. The summed E-state index contributed by atoms with van der Waals surface area (Å²) in [6.45, 7) is 8.10. The minimum absolute atomic E-state index is 0.191. The van der Waals surface area contributed by atoms with Gasteiger partial charge < -0.3 is 11.1 Å². The van der Waals surface area contributed by atoms with Crippen LogP contribution in [0.3, 0.4) is 0 Å². The van der Waals surface area contributed by atoms with Crippen molar-refractivity contribution in [1.82, 2.24) is 5.32 Å². The third-order valence-electron chi connectivity index (χ3n) is 4.69. The van der Waals surface area contributed by atoms with Crippen molar-refractivity contribution in [2.75, 3.05) is 13.1 Å². The number of rotatable bonds is 8. The molecule has 0 spiro atoms. The second-order valence-corrected chi connectivity index (χ2v) is 6.77. The normalized spacial score (nSPS) is 19.6. The maximum Gasteiger partial charge on any atom is 0.220 e. The van der Waals surface area contributed by atoms with Gasteiger partial charge in [-0.05, 0) is 49.5 Å². The Morgan fingerprint density at radius 3 is 2.42 bits per heavy atom. The molecule has 0 aromatic carbocycles. The summed E-state index contributed by atoms with van der Waals surface area (Å²) < 4.78 is 0. The van der Waals surface area contributed by atoms with E-state index in [2.05, 4.69) is 26.1 Å². The summed E-state index contributed by atoms with van der Waals surface area (Å²) in [6, 6.07) is 0. The number of nitrogens with two attached hydrogens (primary N) is 1. The maximum absolute atomic E-state index is 12.0. The zero-order valence-corrected chi connectivity index (χ0v) is 13.0. The molecule has 1 rings (SSSR count). The summed E-state index contributed by atoms with van der Waals surface area (Å²) in [5, 5.41) is 3.16. The summed E-state index contributed by atoms with van der Waals surface area (Å²) in [5.74, 6) is 1.13. The molecule has 1 atom stereocenters. The highest BCUT2D eigenvalue weighted by Crippen LogP contribution is 2.40. The molecule has 3 nitrogen and oxygen atoms in total. The molecule has 1 unspecified atom stereocenters. The number of carbonyl (C=O) groups excluding carboxylic acids is 1. The Balaban J connectivity index is 2.33. The molecule has 3 heteroatoms. The van der Waals surface area contributed by atoms with Crippen LogP contribution in [0.15, 0.2) is 0 Å². The summed E-state index contributed by atoms with van der Waals surface area (Å²) in [4.78, 5) is 12.0. The van der Waals surface area contributed by atoms with Gasteiger partial charge >= 0.3 is 0 Å². The van der Waals surface area contributed by atoms with E-state index in [9.17, 15) is 4.79 Å². The van der Waals surface area contributed by atoms with Crippen molar-refractivity contribution in [3.8, 4) is 0 Å². The first-order chi connectivity index (χ1) is 9.01. The predicted octanol–water partition coefficient (Wildman–Crippen LogP) is 3.08. The van der Waals surface area contributed by atoms with Crippen LogP contribution in [0, 0.1) is 17.3 Å². The van der Waals surface area contributed by atoms with Gasteiger partial charge in [-0.2, -0.15) is 0 Å². The van der Waals surface area contributed by atoms with Crippen LogP contribution in [0.2, 0.25) is 0 Å². The van der Waals surface area contributed by atoms with E-state index in [0.29, 0.717) is 30.2 Å². The molecule has 112 valence electrons. The molecule has 0 aromatic rings. The highest BCUT2D eigenvalue weighted by molar-refractivity contribution is 5.76. The monoisotopic (exact) mass is 268 g/mol. The van der Waals surface area contributed by atoms with Crippen molar-refractivity contribution in [1.29, 1.82) is 0 Å². The lowest BCUT2D eigenvalue weighted by atomic mass is 9.83. The van der Waals surface area contributed by atoms with Gasteiger partial charge in [0.1, 0.15) is 0 Å². The standard InChI is InChI=1S/C16H32N2O/c1-4-16(7-5-6-8-16)12-18-15(19)10-14(11-17)9-13(2)3/h13-14H,4-12,17H2,1-3H3,(H,18,19). The maximum atomic E-state index is 12.0. The van der Waals surface area contributed by atoms with Crippen molar-refractivity contribution >= 4 is 5.91 Å². The second-order valence-electron chi connectivity index (χ2n) is 6.77. The molecule has 1 aliphatic carbocycles. The zero-order chi connectivity index (χ0) is 14.3. The van der Waals surface area contributed by atoms with Gasteiger partial charge in [-0.1, -0.05) is 33.6 Å². The predicted molar refractivity (Wildman–Crippen MR) is 80.8 cm³/mol. The van der Waals surface area contributed by atoms with E-state index in [4.69, 9.17) is 5.73 Å². The Labute approximate surface area is 118 Å². The fourth-order valence-corrected chi connectivity index (χ4v) is 3.33. The summed E-state index contributed by atoms with van der Waals surface area (Å²) in [5.41, 5.74) is 6.14. The van der Waals surface area contributed by atoms with Gasteiger partial charge in [0.05, 0.1) is 0 Å². The second kappa shape index (κ2) is 7.88. The van der Waals surface area contributed by atoms with Gasteiger partial charge in [0.25, 0.3) is 0 Å². The minimum atomic E-state index is 0.191. The minimum Gasteiger partial charge on any atom is -0.356 e. The van der Waals surface area contributed by atoms with E-state index in [-0.39, 0.29) is 5.91 Å². The van der Waals surface area contributed by atoms with Crippen LogP contribution in [0.25, 0.3) is 0 Å². The number of hydrogen-bond acceptors (Lipinski definition) is 2. The zero-order valence-electron chi connectivity index (χ0n) is 13.0. The molecule has 0 aliphatic heterocycles. The fourth-order valence-electron chi connectivity index (χ4n) is 3.33. The Hall–Kier alpha value is -0.570. The largest absolute Gasteiger partial charge is 0.356 e. The molecular weight excluding hydrogens is 236 g/mol. The Kier molecular flexibility index (Phi) is 6.84. The van der Waals surface area contributed by atoms with Gasteiger partial charge in [-0.15, -0.1) is 0 Å². The number of carbonyl (C=O) groups is 1. The van der Waals surface area contributed by atoms with E-state index in [0.717, 1.165) is 13.0 Å². The van der Waals surface area contributed by atoms with Crippen LogP contribution in [0.5, 0.6) is 0 Å². The van der Waals surface area contributed by atoms with Crippen LogP contribution in [-0.4, -0.2) is 19.0 Å². The van der Waals surface area contributed by atoms with E-state index in [1.54, 1.807) is 0 Å². The molecule has 0 heterocycles. The van der Waals surface area contributed by atoms with Crippen LogP contribution in [0.4, 0.5) is 0 Å². The van der Waals surface area contributed by atoms with E-state index in [1.165, 1.54) is 32.1 Å². The number of hydrogen-bond donors (Lipinski definition) is 2. The molecule has 1 saturated carbocycles. The smallest absolute Gasteiger partial charge is 0.220 e. The fraction of sp³-hybridized carbons (Fsp3) is 0.938. The number of nitrogens with one attached hydrogen (secondary N) is 1. The van der Waals surface area contributed by atoms with Gasteiger partial charge in [-0.3, -0.25) is 4.79 Å². The lowest BCUT2D eigenvalue weighted by molar-refractivity contribution is -0.122. The Morgan fingerprint density at radius 1 is 1.32 bits per heavy atom. The third kappa shape index (κ3) is 5.52. The van der Waals surface area contributed by atoms with E-state index >= 15 is 0 Å². The SMILES string of the molecule is CCC1(CNC(=O)CC(CN)CC(C)C)CCCC1. The Morgan fingerprint density at radius 2 is 1.95 bits per heavy atom. The lowest BCUT2D eigenvalue weighted by Crippen LogP contribution is -2.37. The summed E-state index contributed by atoms with van der Waals surface area (Å²) in [7, 11) is 0. The van der Waals surface area contributed by atoms with Crippen LogP contribution < -0.4 is 11.1 Å². The molecule has 0 bridgehead atoms. The highest BCUT2D eigenvalue weighted by atomic mass is 16.1. The molecule has 3 N–H and O–H groups in total. The first-order valence-electron chi connectivity index (χ1n) is 7.98. The molecule has 0 saturated heterocycles. The van der Waals surface area contributed by atoms with Gasteiger partial charge in [-0.25, -0.2) is 0 Å². The topological polar surface area (TPSA) is 55.1 Å². The molecular formula is C16H32N2O. The van der Waals surface area contributed by atoms with Gasteiger partial charge in [0, 0.05) is 13.0 Å². The van der Waals surface area contributed by atoms with Crippen molar-refractivity contribution in [2.45, 2.75) is 65.7 Å². The average Bonchev–Trinajstić information content (AvgIpc) is 2.84. The van der Waals surface area contributed by atoms with E-state index < -0.39 is 0 Å². The van der Waals surface area contributed by atoms with Crippen molar-refractivity contribution in [3.05, 3.63) is 0 Å². The molecule has 0 radical (unpaired) electrons. The number of amides is 1. The third-order valence-corrected chi connectivity index (χ3v) is 4.69. The van der Waals surface area contributed by atoms with Crippen LogP contribution in [-0.2, 0) is 4.79 Å².